The number of ether oxygens (including phenoxy) is 1. The third-order valence-electron chi connectivity index (χ3n) is 2.49. The summed E-state index contributed by atoms with van der Waals surface area (Å²) in [5.74, 6) is -0.370. The van der Waals surface area contributed by atoms with Crippen LogP contribution in [0.4, 0.5) is 14.5 Å². The summed E-state index contributed by atoms with van der Waals surface area (Å²) < 4.78 is 55.2. The Morgan fingerprint density at radius 3 is 2.29 bits per heavy atom. The fourth-order valence-electron chi connectivity index (χ4n) is 1.58. The van der Waals surface area contributed by atoms with Crippen LogP contribution < -0.4 is 9.46 Å². The zero-order valence-corrected chi connectivity index (χ0v) is 11.3. The highest BCUT2D eigenvalue weighted by atomic mass is 32.2. The van der Waals surface area contributed by atoms with Gasteiger partial charge in [0.2, 0.25) is 0 Å². The molecule has 0 aliphatic heterocycles. The van der Waals surface area contributed by atoms with Gasteiger partial charge in [0, 0.05) is 0 Å². The van der Waals surface area contributed by atoms with Crippen molar-refractivity contribution < 1.29 is 27.0 Å². The third kappa shape index (κ3) is 3.82. The number of nitrogens with one attached hydrogen (secondary N) is 1. The van der Waals surface area contributed by atoms with Crippen LogP contribution in [0, 0.1) is 0 Å². The summed E-state index contributed by atoms with van der Waals surface area (Å²) in [5, 5.41) is 9.14. The number of hydrogen-bond donors (Lipinski definition) is 2. The Kier molecular flexibility index (Phi) is 4.27. The molecule has 2 aromatic rings. The minimum absolute atomic E-state index is 0.0876. The molecule has 0 unspecified atom stereocenters. The summed E-state index contributed by atoms with van der Waals surface area (Å²) in [5.41, 5.74) is -0.106. The van der Waals surface area contributed by atoms with Crippen molar-refractivity contribution >= 4 is 15.7 Å². The van der Waals surface area contributed by atoms with Gasteiger partial charge in [-0.3, -0.25) is 4.72 Å². The molecule has 0 atom stereocenters. The van der Waals surface area contributed by atoms with Gasteiger partial charge >= 0.3 is 6.61 Å². The Morgan fingerprint density at radius 1 is 1.05 bits per heavy atom. The van der Waals surface area contributed by atoms with Crippen molar-refractivity contribution in [2.75, 3.05) is 4.72 Å². The largest absolute Gasteiger partial charge is 0.508 e. The number of benzene rings is 2. The number of rotatable bonds is 5. The molecule has 0 heterocycles. The van der Waals surface area contributed by atoms with E-state index in [9.17, 15) is 17.2 Å². The van der Waals surface area contributed by atoms with E-state index in [1.807, 2.05) is 0 Å². The molecule has 0 aliphatic rings. The number of para-hydroxylation sites is 2. The van der Waals surface area contributed by atoms with Crippen LogP contribution in [0.15, 0.2) is 53.4 Å². The molecule has 21 heavy (non-hydrogen) atoms. The molecule has 0 fully saturated rings. The lowest BCUT2D eigenvalue weighted by Crippen LogP contribution is -2.14. The molecule has 8 heteroatoms. The van der Waals surface area contributed by atoms with Gasteiger partial charge in [-0.1, -0.05) is 12.1 Å². The monoisotopic (exact) mass is 315 g/mol. The molecule has 0 aromatic heterocycles. The average Bonchev–Trinajstić information content (AvgIpc) is 2.40. The molecule has 0 amide bonds. The van der Waals surface area contributed by atoms with Crippen molar-refractivity contribution in [1.82, 2.24) is 0 Å². The number of alkyl halides is 2. The summed E-state index contributed by atoms with van der Waals surface area (Å²) in [7, 11) is -3.97. The number of hydrogen-bond acceptors (Lipinski definition) is 4. The summed E-state index contributed by atoms with van der Waals surface area (Å²) in [6, 6.07) is 10.2. The molecule has 2 rings (SSSR count). The number of phenols is 1. The van der Waals surface area contributed by atoms with Crippen LogP contribution in [0.3, 0.4) is 0 Å². The van der Waals surface area contributed by atoms with Gasteiger partial charge in [-0.15, -0.1) is 0 Å². The highest BCUT2D eigenvalue weighted by Crippen LogP contribution is 2.28. The van der Waals surface area contributed by atoms with Gasteiger partial charge in [-0.2, -0.15) is 8.78 Å². The summed E-state index contributed by atoms with van der Waals surface area (Å²) in [6.07, 6.45) is 0. The Morgan fingerprint density at radius 2 is 1.67 bits per heavy atom. The lowest BCUT2D eigenvalue weighted by atomic mass is 10.3. The average molecular weight is 315 g/mol. The number of phenolic OH excluding ortho intramolecular Hbond substituents is 1. The normalized spacial score (nSPS) is 11.4. The van der Waals surface area contributed by atoms with Gasteiger partial charge in [0.25, 0.3) is 10.0 Å². The van der Waals surface area contributed by atoms with E-state index in [4.69, 9.17) is 5.11 Å². The molecule has 0 saturated heterocycles. The van der Waals surface area contributed by atoms with Crippen LogP contribution in [0.5, 0.6) is 11.5 Å². The fraction of sp³-hybridized carbons (Fsp3) is 0.0769. The van der Waals surface area contributed by atoms with Crippen molar-refractivity contribution in [3.05, 3.63) is 48.5 Å². The topological polar surface area (TPSA) is 75.6 Å². The first-order valence-corrected chi connectivity index (χ1v) is 7.22. The van der Waals surface area contributed by atoms with Crippen LogP contribution >= 0.6 is 0 Å². The Bertz CT molecular complexity index is 717. The predicted molar refractivity (Wildman–Crippen MR) is 72.0 cm³/mol. The lowest BCUT2D eigenvalue weighted by Gasteiger charge is -2.13. The van der Waals surface area contributed by atoms with Gasteiger partial charge in [0.05, 0.1) is 10.6 Å². The first-order chi connectivity index (χ1) is 9.88. The molecule has 0 aliphatic carbocycles. The van der Waals surface area contributed by atoms with Crippen molar-refractivity contribution in [2.24, 2.45) is 0 Å². The van der Waals surface area contributed by atoms with Crippen molar-refractivity contribution in [2.45, 2.75) is 11.5 Å². The smallest absolute Gasteiger partial charge is 0.387 e. The third-order valence-corrected chi connectivity index (χ3v) is 3.88. The SMILES string of the molecule is O=S(=O)(Nc1ccccc1OC(F)F)c1ccc(O)cc1. The molecule has 0 spiro atoms. The second-order valence-electron chi connectivity index (χ2n) is 3.97. The van der Waals surface area contributed by atoms with E-state index in [-0.39, 0.29) is 22.1 Å². The highest BCUT2D eigenvalue weighted by molar-refractivity contribution is 7.92. The molecular weight excluding hydrogens is 304 g/mol. The fourth-order valence-corrected chi connectivity index (χ4v) is 2.65. The van der Waals surface area contributed by atoms with E-state index in [1.165, 1.54) is 48.5 Å². The predicted octanol–water partition coefficient (Wildman–Crippen LogP) is 2.79. The van der Waals surface area contributed by atoms with Gasteiger partial charge in [0.1, 0.15) is 11.5 Å². The van der Waals surface area contributed by atoms with E-state index in [0.29, 0.717) is 0 Å². The van der Waals surface area contributed by atoms with Crippen LogP contribution in [0.1, 0.15) is 0 Å². The molecule has 0 bridgehead atoms. The zero-order valence-electron chi connectivity index (χ0n) is 10.5. The summed E-state index contributed by atoms with van der Waals surface area (Å²) >= 11 is 0. The molecule has 2 aromatic carbocycles. The summed E-state index contributed by atoms with van der Waals surface area (Å²) in [4.78, 5) is -0.118. The Labute approximate surface area is 119 Å². The van der Waals surface area contributed by atoms with E-state index in [0.717, 1.165) is 0 Å². The highest BCUT2D eigenvalue weighted by Gasteiger charge is 2.17. The number of aromatic hydroxyl groups is 1. The number of sulfonamides is 1. The first kappa shape index (κ1) is 15.0. The van der Waals surface area contributed by atoms with E-state index < -0.39 is 16.6 Å². The molecule has 0 saturated carbocycles. The van der Waals surface area contributed by atoms with Crippen LogP contribution in [-0.2, 0) is 10.0 Å². The van der Waals surface area contributed by atoms with Gasteiger partial charge in [-0.25, -0.2) is 8.42 Å². The molecule has 112 valence electrons. The quantitative estimate of drug-likeness (QED) is 0.889. The van der Waals surface area contributed by atoms with Crippen molar-refractivity contribution in [3.8, 4) is 11.5 Å². The molecule has 0 radical (unpaired) electrons. The van der Waals surface area contributed by atoms with Crippen LogP contribution in [0.2, 0.25) is 0 Å². The van der Waals surface area contributed by atoms with Crippen molar-refractivity contribution in [1.29, 1.82) is 0 Å². The Balaban J connectivity index is 2.30. The second-order valence-corrected chi connectivity index (χ2v) is 5.66. The zero-order chi connectivity index (χ0) is 15.5. The van der Waals surface area contributed by atoms with Crippen LogP contribution in [-0.4, -0.2) is 20.1 Å². The minimum atomic E-state index is -3.97. The Hall–Kier alpha value is -2.35. The maximum Gasteiger partial charge on any atom is 0.387 e. The molecular formula is C13H11F2NO4S. The standard InChI is InChI=1S/C13H11F2NO4S/c14-13(15)20-12-4-2-1-3-11(12)16-21(18,19)10-7-5-9(17)6-8-10/h1-8,13,16-17H. The maximum atomic E-state index is 12.3. The number of halogens is 2. The molecule has 5 nitrogen and oxygen atoms in total. The maximum absolute atomic E-state index is 12.3. The van der Waals surface area contributed by atoms with Gasteiger partial charge < -0.3 is 9.84 Å². The first-order valence-electron chi connectivity index (χ1n) is 5.74. The van der Waals surface area contributed by atoms with E-state index >= 15 is 0 Å². The van der Waals surface area contributed by atoms with E-state index in [2.05, 4.69) is 9.46 Å². The summed E-state index contributed by atoms with van der Waals surface area (Å²) in [6.45, 7) is -3.07. The van der Waals surface area contributed by atoms with Gasteiger partial charge in [-0.05, 0) is 36.4 Å². The molecule has 2 N–H and O–H groups in total. The second kappa shape index (κ2) is 5.96. The number of anilines is 1. The van der Waals surface area contributed by atoms with Crippen LogP contribution in [0.25, 0.3) is 0 Å². The lowest BCUT2D eigenvalue weighted by molar-refractivity contribution is -0.0493. The van der Waals surface area contributed by atoms with Gasteiger partial charge in [0.15, 0.2) is 0 Å². The van der Waals surface area contributed by atoms with Crippen molar-refractivity contribution in [3.63, 3.8) is 0 Å². The minimum Gasteiger partial charge on any atom is -0.508 e. The van der Waals surface area contributed by atoms with E-state index in [1.54, 1.807) is 0 Å².